The summed E-state index contributed by atoms with van der Waals surface area (Å²) in [7, 11) is -3.57. The Morgan fingerprint density at radius 3 is 2.48 bits per heavy atom. The van der Waals surface area contributed by atoms with Gasteiger partial charge in [-0.3, -0.25) is 4.79 Å². The number of carbonyl (C=O) groups is 1. The van der Waals surface area contributed by atoms with Gasteiger partial charge in [-0.25, -0.2) is 26.3 Å². The Kier molecular flexibility index (Phi) is 5.49. The lowest BCUT2D eigenvalue weighted by atomic mass is 9.94. The van der Waals surface area contributed by atoms with Crippen LogP contribution in [0.3, 0.4) is 0 Å². The van der Waals surface area contributed by atoms with Crippen molar-refractivity contribution in [3.63, 3.8) is 0 Å². The Hall–Kier alpha value is -2.43. The van der Waals surface area contributed by atoms with Gasteiger partial charge in [0, 0.05) is 30.1 Å². The molecule has 2 aromatic rings. The van der Waals surface area contributed by atoms with Crippen molar-refractivity contribution in [1.29, 1.82) is 0 Å². The van der Waals surface area contributed by atoms with Gasteiger partial charge in [0.1, 0.15) is 23.6 Å². The van der Waals surface area contributed by atoms with Crippen molar-refractivity contribution in [1.82, 2.24) is 9.62 Å². The zero-order chi connectivity index (χ0) is 23.5. The third kappa shape index (κ3) is 4.27. The number of fused-ring (bicyclic) bond motifs is 1. The average Bonchev–Trinajstić information content (AvgIpc) is 3.39. The van der Waals surface area contributed by atoms with E-state index in [1.807, 2.05) is 0 Å². The molecule has 6 nitrogen and oxygen atoms in total. The molecule has 3 aliphatic rings. The SMILES string of the molecule is CS(=O)(=O)NC1C2CC2N(C(=O)[C@@H]2CCO2)C1Cc1cccc(-c2cc(F)cc(F)c2)c1F. The highest BCUT2D eigenvalue weighted by Crippen LogP contribution is 2.50. The smallest absolute Gasteiger partial charge is 0.252 e. The second-order valence-electron chi connectivity index (χ2n) is 8.98. The van der Waals surface area contributed by atoms with Gasteiger partial charge < -0.3 is 9.64 Å². The highest BCUT2D eigenvalue weighted by atomic mass is 32.2. The quantitative estimate of drug-likeness (QED) is 0.690. The number of nitrogens with zero attached hydrogens (tertiary/aromatic N) is 1. The van der Waals surface area contributed by atoms with E-state index in [2.05, 4.69) is 4.72 Å². The Morgan fingerprint density at radius 2 is 1.88 bits per heavy atom. The number of benzene rings is 2. The van der Waals surface area contributed by atoms with Crippen LogP contribution in [0.1, 0.15) is 18.4 Å². The average molecular weight is 481 g/mol. The maximum absolute atomic E-state index is 15.5. The van der Waals surface area contributed by atoms with Gasteiger partial charge in [0.2, 0.25) is 10.0 Å². The van der Waals surface area contributed by atoms with E-state index in [4.69, 9.17) is 4.74 Å². The molecule has 0 radical (unpaired) electrons. The molecule has 0 aromatic heterocycles. The molecule has 1 saturated carbocycles. The molecule has 2 saturated heterocycles. The van der Waals surface area contributed by atoms with E-state index in [9.17, 15) is 22.0 Å². The van der Waals surface area contributed by atoms with Gasteiger partial charge in [0.05, 0.1) is 18.9 Å². The van der Waals surface area contributed by atoms with Crippen LogP contribution >= 0.6 is 0 Å². The maximum Gasteiger partial charge on any atom is 0.252 e. The number of nitrogens with one attached hydrogen (secondary N) is 1. The molecule has 1 aliphatic carbocycles. The van der Waals surface area contributed by atoms with Crippen LogP contribution in [0.15, 0.2) is 36.4 Å². The first-order chi connectivity index (χ1) is 15.6. The van der Waals surface area contributed by atoms with Crippen molar-refractivity contribution in [3.8, 4) is 11.1 Å². The predicted molar refractivity (Wildman–Crippen MR) is 114 cm³/mol. The van der Waals surface area contributed by atoms with Crippen LogP contribution in [0.25, 0.3) is 11.1 Å². The highest BCUT2D eigenvalue weighted by molar-refractivity contribution is 7.88. The summed E-state index contributed by atoms with van der Waals surface area (Å²) in [6, 6.07) is 6.08. The summed E-state index contributed by atoms with van der Waals surface area (Å²) in [6.07, 6.45) is 1.82. The molecule has 2 heterocycles. The number of halogens is 3. The Balaban J connectivity index is 1.49. The molecular weight excluding hydrogens is 457 g/mol. The van der Waals surface area contributed by atoms with Crippen LogP contribution in [0.5, 0.6) is 0 Å². The first-order valence-electron chi connectivity index (χ1n) is 10.8. The minimum absolute atomic E-state index is 0.0295. The minimum atomic E-state index is -3.57. The summed E-state index contributed by atoms with van der Waals surface area (Å²) in [5.74, 6) is -2.55. The summed E-state index contributed by atoms with van der Waals surface area (Å²) in [4.78, 5) is 14.7. The number of piperidine rings is 1. The third-order valence-electron chi connectivity index (χ3n) is 6.66. The Morgan fingerprint density at radius 1 is 1.18 bits per heavy atom. The normalized spacial score (nSPS) is 28.4. The second kappa shape index (κ2) is 8.11. The fraction of sp³-hybridized carbons (Fsp3) is 0.435. The zero-order valence-corrected chi connectivity index (χ0v) is 18.6. The number of rotatable bonds is 6. The van der Waals surface area contributed by atoms with Crippen LogP contribution in [-0.2, 0) is 26.0 Å². The highest BCUT2D eigenvalue weighted by Gasteiger charge is 2.61. The monoisotopic (exact) mass is 480 g/mol. The van der Waals surface area contributed by atoms with E-state index in [-0.39, 0.29) is 41.0 Å². The number of carbonyl (C=O) groups excluding carboxylic acids is 1. The molecule has 5 rings (SSSR count). The van der Waals surface area contributed by atoms with Gasteiger partial charge >= 0.3 is 0 Å². The van der Waals surface area contributed by atoms with E-state index in [0.717, 1.165) is 18.4 Å². The summed E-state index contributed by atoms with van der Waals surface area (Å²) < 4.78 is 74.9. The van der Waals surface area contributed by atoms with Crippen molar-refractivity contribution in [2.45, 2.75) is 43.5 Å². The van der Waals surface area contributed by atoms with Gasteiger partial charge in [-0.05, 0) is 42.0 Å². The molecule has 1 N–H and O–H groups in total. The van der Waals surface area contributed by atoms with Gasteiger partial charge in [-0.15, -0.1) is 0 Å². The molecule has 2 aliphatic heterocycles. The number of hydrogen-bond acceptors (Lipinski definition) is 4. The number of amides is 1. The van der Waals surface area contributed by atoms with E-state index in [1.54, 1.807) is 17.0 Å². The van der Waals surface area contributed by atoms with Crippen molar-refractivity contribution in [2.24, 2.45) is 5.92 Å². The van der Waals surface area contributed by atoms with Crippen LogP contribution < -0.4 is 4.72 Å². The summed E-state index contributed by atoms with van der Waals surface area (Å²) >= 11 is 0. The topological polar surface area (TPSA) is 75.7 Å². The Labute approximate surface area is 189 Å². The van der Waals surface area contributed by atoms with E-state index in [1.165, 1.54) is 6.07 Å². The number of sulfonamides is 1. The molecule has 5 atom stereocenters. The number of ether oxygens (including phenoxy) is 1. The van der Waals surface area contributed by atoms with E-state index >= 15 is 4.39 Å². The fourth-order valence-electron chi connectivity index (χ4n) is 5.07. The first-order valence-corrected chi connectivity index (χ1v) is 12.7. The Bertz CT molecular complexity index is 1200. The lowest BCUT2D eigenvalue weighted by Crippen LogP contribution is -2.54. The second-order valence-corrected chi connectivity index (χ2v) is 10.8. The molecule has 10 heteroatoms. The van der Waals surface area contributed by atoms with E-state index < -0.39 is 45.7 Å². The lowest BCUT2D eigenvalue weighted by molar-refractivity contribution is -0.158. The van der Waals surface area contributed by atoms with Crippen LogP contribution in [0, 0.1) is 23.4 Å². The van der Waals surface area contributed by atoms with Gasteiger partial charge in [0.25, 0.3) is 5.91 Å². The standard InChI is InChI=1S/C23H23F3N2O4S/c1-33(30,31)27-22-17-11-18(17)28(23(29)20-5-6-32-20)19(22)9-12-3-2-4-16(21(12)26)13-7-14(24)10-15(25)8-13/h2-4,7-8,10,17-20,22,27H,5-6,9,11H2,1H3/t17?,18?,19?,20-,22?/m0/s1. The largest absolute Gasteiger partial charge is 0.368 e. The van der Waals surface area contributed by atoms with Crippen molar-refractivity contribution < 1.29 is 31.1 Å². The molecule has 2 aromatic carbocycles. The molecule has 176 valence electrons. The molecule has 0 bridgehead atoms. The predicted octanol–water partition coefficient (Wildman–Crippen LogP) is 2.62. The van der Waals surface area contributed by atoms with Crippen LogP contribution in [-0.4, -0.2) is 56.3 Å². The summed E-state index contributed by atoms with van der Waals surface area (Å²) in [5.41, 5.74) is 0.320. The molecule has 0 spiro atoms. The zero-order valence-electron chi connectivity index (χ0n) is 17.8. The first kappa shape index (κ1) is 22.4. The van der Waals surface area contributed by atoms with Gasteiger partial charge in [0.15, 0.2) is 0 Å². The molecule has 1 amide bonds. The number of likely N-dealkylation sites (tertiary alicyclic amines) is 1. The molecule has 33 heavy (non-hydrogen) atoms. The van der Waals surface area contributed by atoms with Gasteiger partial charge in [-0.1, -0.05) is 18.2 Å². The van der Waals surface area contributed by atoms with Crippen molar-refractivity contribution in [2.75, 3.05) is 12.9 Å². The van der Waals surface area contributed by atoms with Gasteiger partial charge in [-0.2, -0.15) is 0 Å². The van der Waals surface area contributed by atoms with Crippen LogP contribution in [0.2, 0.25) is 0 Å². The molecule has 3 fully saturated rings. The fourth-order valence-corrected chi connectivity index (χ4v) is 5.89. The van der Waals surface area contributed by atoms with Crippen molar-refractivity contribution >= 4 is 15.9 Å². The summed E-state index contributed by atoms with van der Waals surface area (Å²) in [6.45, 7) is 0.495. The number of hydrogen-bond donors (Lipinski definition) is 1. The molecular formula is C23H23F3N2O4S. The van der Waals surface area contributed by atoms with Crippen molar-refractivity contribution in [3.05, 3.63) is 59.4 Å². The maximum atomic E-state index is 15.5. The van der Waals surface area contributed by atoms with E-state index in [0.29, 0.717) is 25.5 Å². The summed E-state index contributed by atoms with van der Waals surface area (Å²) in [5, 5.41) is 0. The van der Waals surface area contributed by atoms with Crippen LogP contribution in [0.4, 0.5) is 13.2 Å². The molecule has 4 unspecified atom stereocenters. The minimum Gasteiger partial charge on any atom is -0.368 e. The lowest BCUT2D eigenvalue weighted by Gasteiger charge is -2.36. The third-order valence-corrected chi connectivity index (χ3v) is 7.36.